The first-order valence-corrected chi connectivity index (χ1v) is 2.76. The first-order valence-electron chi connectivity index (χ1n) is 2.76. The second kappa shape index (κ2) is 6.21. The van der Waals surface area contributed by atoms with Crippen LogP contribution >= 0.6 is 0 Å². The second-order valence-corrected chi connectivity index (χ2v) is 1.34. The minimum atomic E-state index is 1.07. The Morgan fingerprint density at radius 3 is 2.88 bits per heavy atom. The van der Waals surface area contributed by atoms with Gasteiger partial charge >= 0.3 is 0 Å². The van der Waals surface area contributed by atoms with E-state index in [-0.39, 0.29) is 0 Å². The maximum atomic E-state index is 3.75. The average molecular weight is 112 g/mol. The molecule has 0 aromatic rings. The summed E-state index contributed by atoms with van der Waals surface area (Å²) in [4.78, 5) is 0. The quantitative estimate of drug-likeness (QED) is 0.430. The fourth-order valence-corrected chi connectivity index (χ4v) is 0.315. The number of nitrogens with zero attached hydrogens (tertiary/aromatic N) is 1. The Bertz CT molecular complexity index is 72.5. The Labute approximate surface area is 50.3 Å². The van der Waals surface area contributed by atoms with E-state index in [0.29, 0.717) is 0 Å². The molecule has 0 rings (SSSR count). The average Bonchev–Trinajstić information content (AvgIpc) is 1.81. The van der Waals surface area contributed by atoms with E-state index >= 15 is 0 Å². The summed E-state index contributed by atoms with van der Waals surface area (Å²) in [7, 11) is 1.77. The van der Waals surface area contributed by atoms with Crippen LogP contribution in [0.5, 0.6) is 0 Å². The molecule has 0 unspecified atom stereocenters. The lowest BCUT2D eigenvalue weighted by molar-refractivity contribution is 0.909. The highest BCUT2D eigenvalue weighted by molar-refractivity contribution is 5.70. The largest absolute Gasteiger partial charge is 0.313 e. The van der Waals surface area contributed by atoms with Crippen LogP contribution in [0.4, 0.5) is 0 Å². The molecule has 0 fully saturated rings. The number of allylic oxidation sites excluding steroid dienone is 2. The highest BCUT2D eigenvalue weighted by atomic mass is 15.3. The molecule has 8 heavy (non-hydrogen) atoms. The zero-order chi connectivity index (χ0) is 6.24. The van der Waals surface area contributed by atoms with Crippen molar-refractivity contribution in [3.05, 3.63) is 12.2 Å². The predicted molar refractivity (Wildman–Crippen MR) is 37.0 cm³/mol. The summed E-state index contributed by atoms with van der Waals surface area (Å²) in [6.45, 7) is 2.09. The molecule has 0 saturated carbocycles. The summed E-state index contributed by atoms with van der Waals surface area (Å²) in [6.07, 6.45) is 6.75. The fraction of sp³-hybridized carbons (Fsp3) is 0.500. The van der Waals surface area contributed by atoms with Crippen molar-refractivity contribution in [2.45, 2.75) is 13.3 Å². The highest BCUT2D eigenvalue weighted by Gasteiger charge is 1.60. The molecule has 0 aliphatic carbocycles. The van der Waals surface area contributed by atoms with Gasteiger partial charge in [-0.1, -0.05) is 13.0 Å². The maximum absolute atomic E-state index is 3.75. The van der Waals surface area contributed by atoms with E-state index in [2.05, 4.69) is 17.5 Å². The highest BCUT2D eigenvalue weighted by Crippen LogP contribution is 1.74. The lowest BCUT2D eigenvalue weighted by Crippen LogP contribution is -1.91. The normalized spacial score (nSPS) is 11.2. The van der Waals surface area contributed by atoms with Crippen LogP contribution in [0.2, 0.25) is 0 Å². The van der Waals surface area contributed by atoms with Gasteiger partial charge in [0.2, 0.25) is 0 Å². The van der Waals surface area contributed by atoms with Crippen molar-refractivity contribution in [3.8, 4) is 0 Å². The zero-order valence-corrected chi connectivity index (χ0v) is 5.39. The number of hydrazone groups is 1. The molecule has 0 spiro atoms. The van der Waals surface area contributed by atoms with E-state index in [0.717, 1.165) is 6.42 Å². The van der Waals surface area contributed by atoms with Gasteiger partial charge in [0, 0.05) is 13.3 Å². The molecule has 0 heterocycles. The van der Waals surface area contributed by atoms with Crippen molar-refractivity contribution < 1.29 is 0 Å². The molecule has 0 aliphatic heterocycles. The fourth-order valence-electron chi connectivity index (χ4n) is 0.315. The van der Waals surface area contributed by atoms with E-state index in [4.69, 9.17) is 0 Å². The van der Waals surface area contributed by atoms with Gasteiger partial charge in [-0.3, -0.25) is 0 Å². The first kappa shape index (κ1) is 7.21. The van der Waals surface area contributed by atoms with Gasteiger partial charge in [0.15, 0.2) is 0 Å². The van der Waals surface area contributed by atoms with Crippen LogP contribution in [-0.2, 0) is 0 Å². The smallest absolute Gasteiger partial charge is 0.0464 e. The van der Waals surface area contributed by atoms with Crippen molar-refractivity contribution in [2.75, 3.05) is 7.05 Å². The molecule has 2 heteroatoms. The van der Waals surface area contributed by atoms with Crippen LogP contribution < -0.4 is 5.43 Å². The molecule has 0 aliphatic rings. The SMILES string of the molecule is CC/C=C\C=NNC. The van der Waals surface area contributed by atoms with Gasteiger partial charge < -0.3 is 5.43 Å². The van der Waals surface area contributed by atoms with Crippen LogP contribution in [0.3, 0.4) is 0 Å². The molecule has 46 valence electrons. The van der Waals surface area contributed by atoms with Gasteiger partial charge in [0.05, 0.1) is 0 Å². The molecule has 0 radical (unpaired) electrons. The summed E-state index contributed by atoms with van der Waals surface area (Å²) in [5, 5.41) is 3.75. The van der Waals surface area contributed by atoms with Crippen LogP contribution in [0.25, 0.3) is 0 Å². The van der Waals surface area contributed by atoms with Gasteiger partial charge in [-0.05, 0) is 12.5 Å². The van der Waals surface area contributed by atoms with Crippen molar-refractivity contribution >= 4 is 6.21 Å². The third kappa shape index (κ3) is 5.21. The molecule has 0 saturated heterocycles. The van der Waals surface area contributed by atoms with Gasteiger partial charge in [0.25, 0.3) is 0 Å². The van der Waals surface area contributed by atoms with Crippen molar-refractivity contribution in [2.24, 2.45) is 5.10 Å². The van der Waals surface area contributed by atoms with Gasteiger partial charge in [-0.2, -0.15) is 5.10 Å². The van der Waals surface area contributed by atoms with E-state index < -0.39 is 0 Å². The number of rotatable bonds is 3. The van der Waals surface area contributed by atoms with E-state index in [1.165, 1.54) is 0 Å². The van der Waals surface area contributed by atoms with Crippen LogP contribution in [0.15, 0.2) is 17.3 Å². The van der Waals surface area contributed by atoms with Crippen molar-refractivity contribution in [1.82, 2.24) is 5.43 Å². The Hall–Kier alpha value is -0.790. The van der Waals surface area contributed by atoms with Crippen LogP contribution in [0.1, 0.15) is 13.3 Å². The van der Waals surface area contributed by atoms with Crippen LogP contribution in [0, 0.1) is 0 Å². The molecule has 0 aromatic heterocycles. The molecule has 0 bridgehead atoms. The lowest BCUT2D eigenvalue weighted by Gasteiger charge is -1.79. The molecule has 1 N–H and O–H groups in total. The molecular formula is C6H12N2. The lowest BCUT2D eigenvalue weighted by atomic mass is 10.4. The summed E-state index contributed by atoms with van der Waals surface area (Å²) < 4.78 is 0. The van der Waals surface area contributed by atoms with E-state index in [1.807, 2.05) is 12.2 Å². The Morgan fingerprint density at radius 2 is 2.38 bits per heavy atom. The number of nitrogens with one attached hydrogen (secondary N) is 1. The molecular weight excluding hydrogens is 100 g/mol. The number of hydrogen-bond donors (Lipinski definition) is 1. The summed E-state index contributed by atoms with van der Waals surface area (Å²) in [5.41, 5.74) is 2.64. The molecule has 0 aromatic carbocycles. The topological polar surface area (TPSA) is 24.4 Å². The summed E-state index contributed by atoms with van der Waals surface area (Å²) in [6, 6.07) is 0. The van der Waals surface area contributed by atoms with Gasteiger partial charge in [0.1, 0.15) is 0 Å². The van der Waals surface area contributed by atoms with Gasteiger partial charge in [-0.15, -0.1) is 0 Å². The minimum absolute atomic E-state index is 1.07. The predicted octanol–water partition coefficient (Wildman–Crippen LogP) is 1.16. The van der Waals surface area contributed by atoms with Crippen molar-refractivity contribution in [1.29, 1.82) is 0 Å². The maximum Gasteiger partial charge on any atom is 0.0464 e. The second-order valence-electron chi connectivity index (χ2n) is 1.34. The monoisotopic (exact) mass is 112 g/mol. The van der Waals surface area contributed by atoms with E-state index in [9.17, 15) is 0 Å². The van der Waals surface area contributed by atoms with Gasteiger partial charge in [-0.25, -0.2) is 0 Å². The summed E-state index contributed by atoms with van der Waals surface area (Å²) in [5.74, 6) is 0. The molecule has 2 nitrogen and oxygen atoms in total. The summed E-state index contributed by atoms with van der Waals surface area (Å²) >= 11 is 0. The van der Waals surface area contributed by atoms with Crippen LogP contribution in [-0.4, -0.2) is 13.3 Å². The third-order valence-electron chi connectivity index (χ3n) is 0.661. The first-order chi connectivity index (χ1) is 3.91. The van der Waals surface area contributed by atoms with E-state index in [1.54, 1.807) is 13.3 Å². The Morgan fingerprint density at radius 1 is 1.62 bits per heavy atom. The molecule has 0 atom stereocenters. The minimum Gasteiger partial charge on any atom is -0.313 e. The standard InChI is InChI=1S/C6H12N2/c1-3-4-5-6-8-7-2/h4-7H,3H2,1-2H3/b5-4-,8-6?. The Balaban J connectivity index is 3.13. The van der Waals surface area contributed by atoms with Crippen molar-refractivity contribution in [3.63, 3.8) is 0 Å². The molecule has 0 amide bonds. The zero-order valence-electron chi connectivity index (χ0n) is 5.39. The number of hydrogen-bond acceptors (Lipinski definition) is 2. The Kier molecular flexibility index (Phi) is 5.60. The third-order valence-corrected chi connectivity index (χ3v) is 0.661.